The van der Waals surface area contributed by atoms with Gasteiger partial charge in [-0.1, -0.05) is 218 Å². The van der Waals surface area contributed by atoms with Crippen molar-refractivity contribution in [3.05, 3.63) is 297 Å². The first-order valence-corrected chi connectivity index (χ1v) is 31.0. The van der Waals surface area contributed by atoms with E-state index in [1.54, 1.807) is 0 Å². The molecule has 408 valence electrons. The van der Waals surface area contributed by atoms with Crippen LogP contribution in [0.25, 0.3) is 203 Å². The van der Waals surface area contributed by atoms with E-state index in [1.165, 1.54) is 192 Å². The molecule has 0 radical (unpaired) electrons. The molecule has 0 atom stereocenters. The van der Waals surface area contributed by atoms with Crippen molar-refractivity contribution in [2.75, 3.05) is 0 Å². The van der Waals surface area contributed by atoms with E-state index >= 15 is 0 Å². The smallest absolute Gasteiger partial charge is 0.0620 e. The van der Waals surface area contributed by atoms with Crippen LogP contribution in [0.3, 0.4) is 0 Å². The topological polar surface area (TPSA) is 14.8 Å². The first-order valence-electron chi connectivity index (χ1n) is 31.0. The lowest BCUT2D eigenvalue weighted by Gasteiger charge is -2.16. The van der Waals surface area contributed by atoms with Crippen LogP contribution in [0.1, 0.15) is 0 Å². The van der Waals surface area contributed by atoms with Crippen molar-refractivity contribution < 1.29 is 0 Å². The van der Waals surface area contributed by atoms with E-state index < -0.39 is 0 Å². The van der Waals surface area contributed by atoms with Gasteiger partial charge < -0.3 is 13.7 Å². The molecule has 3 heterocycles. The summed E-state index contributed by atoms with van der Waals surface area (Å²) >= 11 is 0. The van der Waals surface area contributed by atoms with Crippen molar-refractivity contribution in [1.29, 1.82) is 0 Å². The van der Waals surface area contributed by atoms with Crippen LogP contribution in [-0.2, 0) is 0 Å². The molecule has 89 heavy (non-hydrogen) atoms. The van der Waals surface area contributed by atoms with Crippen molar-refractivity contribution >= 4 is 119 Å². The molecule has 0 spiro atoms. The summed E-state index contributed by atoms with van der Waals surface area (Å²) in [6.07, 6.45) is 0. The maximum Gasteiger partial charge on any atom is 0.0620 e. The quantitative estimate of drug-likeness (QED) is 0.163. The largest absolute Gasteiger partial charge is 0.309 e. The predicted octanol–water partition coefficient (Wildman–Crippen LogP) is 23.4. The molecule has 3 aromatic heterocycles. The molecule has 0 bridgehead atoms. The Hall–Kier alpha value is -11.8. The average Bonchev–Trinajstić information content (AvgIpc) is 2.18. The number of hydrogen-bond acceptors (Lipinski definition) is 0. The first-order chi connectivity index (χ1) is 44.2. The summed E-state index contributed by atoms with van der Waals surface area (Å²) in [6.45, 7) is 0. The fourth-order valence-corrected chi connectivity index (χ4v) is 16.7. The summed E-state index contributed by atoms with van der Waals surface area (Å²) in [5, 5.41) is 20.1. The van der Waals surface area contributed by atoms with Crippen molar-refractivity contribution in [2.24, 2.45) is 0 Å². The molecule has 21 rings (SSSR count). The Bertz CT molecular complexity index is 6400. The Morgan fingerprint density at radius 3 is 1.52 bits per heavy atom. The third-order valence-electron chi connectivity index (χ3n) is 20.2. The van der Waals surface area contributed by atoms with Crippen LogP contribution >= 0.6 is 0 Å². The van der Waals surface area contributed by atoms with Gasteiger partial charge in [-0.15, -0.1) is 0 Å². The molecule has 0 saturated carbocycles. The van der Waals surface area contributed by atoms with Crippen LogP contribution in [0.15, 0.2) is 297 Å². The summed E-state index contributed by atoms with van der Waals surface area (Å²) in [6, 6.07) is 112. The molecule has 0 N–H and O–H groups in total. The summed E-state index contributed by atoms with van der Waals surface area (Å²) in [5.41, 5.74) is 26.0. The van der Waals surface area contributed by atoms with Crippen LogP contribution in [0.5, 0.6) is 0 Å². The lowest BCUT2D eigenvalue weighted by Crippen LogP contribution is -1.97. The van der Waals surface area contributed by atoms with Gasteiger partial charge in [0.1, 0.15) is 0 Å². The van der Waals surface area contributed by atoms with Gasteiger partial charge in [-0.05, 0) is 189 Å². The Morgan fingerprint density at radius 2 is 0.685 bits per heavy atom. The Morgan fingerprint density at radius 1 is 0.180 bits per heavy atom. The van der Waals surface area contributed by atoms with Crippen molar-refractivity contribution in [3.8, 4) is 83.8 Å². The standard InChI is InChI=1S/C86H49N3/c1-2-21-54(22-3-1)88-78-37-13-10-27-63(78)70-41-40-62-57(30-16-34-69(62)85(70)88)53-44-51-19-15-35-71-82(51)74(46-53)67-33-17-32-66(83(67)71)72-49-76-84-58-23-5-4-18-50(58)38-42-80(84)89(86(76)68-29-9-8-26-61(68)72)55-39-43-79-73(47-55)64-28-11-12-36-77(64)87(79)56-45-52-20-14-31-65-59-24-6-7-25-60(59)75(48-56)81(52)65/h1-49H. The van der Waals surface area contributed by atoms with E-state index in [9.17, 15) is 0 Å². The molecule has 2 aliphatic rings. The van der Waals surface area contributed by atoms with Gasteiger partial charge >= 0.3 is 0 Å². The molecular formula is C86H49N3. The molecule has 16 aromatic carbocycles. The number of nitrogens with zero attached hydrogens (tertiary/aromatic N) is 3. The maximum absolute atomic E-state index is 2.57. The number of para-hydroxylation sites is 3. The van der Waals surface area contributed by atoms with E-state index in [0.29, 0.717) is 0 Å². The van der Waals surface area contributed by atoms with Crippen LogP contribution < -0.4 is 0 Å². The molecular weight excluding hydrogens is 1070 g/mol. The van der Waals surface area contributed by atoms with E-state index in [-0.39, 0.29) is 0 Å². The fraction of sp³-hybridized carbons (Fsp3) is 0. The van der Waals surface area contributed by atoms with E-state index in [0.717, 1.165) is 11.4 Å². The van der Waals surface area contributed by atoms with E-state index in [2.05, 4.69) is 311 Å². The summed E-state index contributed by atoms with van der Waals surface area (Å²) in [7, 11) is 0. The first kappa shape index (κ1) is 47.5. The predicted molar refractivity (Wildman–Crippen MR) is 377 cm³/mol. The summed E-state index contributed by atoms with van der Waals surface area (Å²) in [5.74, 6) is 0. The number of aromatic nitrogens is 3. The third-order valence-corrected chi connectivity index (χ3v) is 20.2. The van der Waals surface area contributed by atoms with Gasteiger partial charge in [0.2, 0.25) is 0 Å². The normalized spacial score (nSPS) is 12.5. The minimum Gasteiger partial charge on any atom is -0.309 e. The second-order valence-corrected chi connectivity index (χ2v) is 24.6. The van der Waals surface area contributed by atoms with Gasteiger partial charge in [0, 0.05) is 60.2 Å². The van der Waals surface area contributed by atoms with Crippen molar-refractivity contribution in [3.63, 3.8) is 0 Å². The molecule has 0 fully saturated rings. The fourth-order valence-electron chi connectivity index (χ4n) is 16.7. The molecule has 3 heteroatoms. The number of benzene rings is 16. The third kappa shape index (κ3) is 6.30. The van der Waals surface area contributed by atoms with E-state index in [1.807, 2.05) is 0 Å². The highest BCUT2D eigenvalue weighted by Gasteiger charge is 2.29. The number of hydrogen-bond donors (Lipinski definition) is 0. The van der Waals surface area contributed by atoms with Gasteiger partial charge in [0.15, 0.2) is 0 Å². The van der Waals surface area contributed by atoms with Crippen molar-refractivity contribution in [2.45, 2.75) is 0 Å². The Kier molecular flexibility index (Phi) is 9.30. The van der Waals surface area contributed by atoms with Gasteiger partial charge in [-0.25, -0.2) is 0 Å². The minimum absolute atomic E-state index is 1.14. The second kappa shape index (κ2) is 17.4. The van der Waals surface area contributed by atoms with Crippen molar-refractivity contribution in [1.82, 2.24) is 13.7 Å². The second-order valence-electron chi connectivity index (χ2n) is 24.6. The highest BCUT2D eigenvalue weighted by atomic mass is 15.0. The molecule has 0 unspecified atom stereocenters. The molecule has 0 saturated heterocycles. The van der Waals surface area contributed by atoms with Crippen LogP contribution in [0, 0.1) is 0 Å². The van der Waals surface area contributed by atoms with Gasteiger partial charge in [0.25, 0.3) is 0 Å². The van der Waals surface area contributed by atoms with Crippen LogP contribution in [-0.4, -0.2) is 13.7 Å². The lowest BCUT2D eigenvalue weighted by molar-refractivity contribution is 1.17. The molecule has 0 amide bonds. The Labute approximate surface area is 511 Å². The van der Waals surface area contributed by atoms with Gasteiger partial charge in [0.05, 0.1) is 33.1 Å². The zero-order valence-electron chi connectivity index (χ0n) is 48.1. The zero-order valence-corrected chi connectivity index (χ0v) is 48.1. The average molecular weight is 1120 g/mol. The van der Waals surface area contributed by atoms with Gasteiger partial charge in [-0.2, -0.15) is 0 Å². The SMILES string of the molecule is c1ccc(-n2c3ccccc3c3ccc4c(-c5cc6c7c(cccc7c5)-c5c(-c7cc8c9c%10ccccc%10ccc9n(-c9ccc%10c(c9)c9ccccc9n%10-c9cc%10c%11c(cccc%11c9)-c9ccccc9-%10)c8c8ccccc78)cccc5-6)cccc4c32)cc1. The highest BCUT2D eigenvalue weighted by Crippen LogP contribution is 2.55. The van der Waals surface area contributed by atoms with Crippen LogP contribution in [0.2, 0.25) is 0 Å². The Balaban J connectivity index is 0.767. The molecule has 3 nitrogen and oxygen atoms in total. The highest BCUT2D eigenvalue weighted by molar-refractivity contribution is 6.30. The molecule has 0 aliphatic heterocycles. The zero-order chi connectivity index (χ0) is 57.7. The minimum atomic E-state index is 1.14. The lowest BCUT2D eigenvalue weighted by atomic mass is 9.89. The monoisotopic (exact) mass is 1120 g/mol. The summed E-state index contributed by atoms with van der Waals surface area (Å²) in [4.78, 5) is 0. The maximum atomic E-state index is 2.57. The van der Waals surface area contributed by atoms with Crippen LogP contribution in [0.4, 0.5) is 0 Å². The summed E-state index contributed by atoms with van der Waals surface area (Å²) < 4.78 is 7.51. The van der Waals surface area contributed by atoms with Gasteiger partial charge in [-0.3, -0.25) is 0 Å². The molecule has 2 aliphatic carbocycles. The molecule has 19 aromatic rings. The number of fused-ring (bicyclic) bond motifs is 21. The van der Waals surface area contributed by atoms with E-state index in [4.69, 9.17) is 0 Å². The number of rotatable bonds is 5.